The van der Waals surface area contributed by atoms with Gasteiger partial charge in [0.2, 0.25) is 11.8 Å². The molecule has 27 heavy (non-hydrogen) atoms. The van der Waals surface area contributed by atoms with Gasteiger partial charge in [-0.2, -0.15) is 0 Å². The Hall–Kier alpha value is -2.37. The summed E-state index contributed by atoms with van der Waals surface area (Å²) in [5.74, 6) is 0.0686. The van der Waals surface area contributed by atoms with Gasteiger partial charge in [0, 0.05) is 48.1 Å². The summed E-state index contributed by atoms with van der Waals surface area (Å²) in [7, 11) is 0. The van der Waals surface area contributed by atoms with Crippen LogP contribution >= 0.6 is 0 Å². The molecular formula is C21H29N3O3. The lowest BCUT2D eigenvalue weighted by molar-refractivity contribution is -0.126. The van der Waals surface area contributed by atoms with E-state index in [0.717, 1.165) is 11.3 Å². The number of carbonyl (C=O) groups excluding carboxylic acids is 3. The number of hydrogen-bond acceptors (Lipinski definition) is 3. The Labute approximate surface area is 160 Å². The van der Waals surface area contributed by atoms with Crippen molar-refractivity contribution in [3.05, 3.63) is 29.3 Å². The topological polar surface area (TPSA) is 78.5 Å². The highest BCUT2D eigenvalue weighted by molar-refractivity contribution is 5.99. The van der Waals surface area contributed by atoms with Crippen molar-refractivity contribution in [2.75, 3.05) is 18.4 Å². The molecule has 2 heterocycles. The van der Waals surface area contributed by atoms with Crippen LogP contribution < -0.4 is 10.6 Å². The highest BCUT2D eigenvalue weighted by atomic mass is 16.2. The molecule has 3 rings (SSSR count). The van der Waals surface area contributed by atoms with Gasteiger partial charge in [-0.15, -0.1) is 0 Å². The number of amides is 3. The van der Waals surface area contributed by atoms with Gasteiger partial charge in [0.05, 0.1) is 0 Å². The molecule has 2 N–H and O–H groups in total. The zero-order chi connectivity index (χ0) is 19.8. The maximum absolute atomic E-state index is 13.0. The van der Waals surface area contributed by atoms with E-state index in [1.807, 2.05) is 44.7 Å². The zero-order valence-corrected chi connectivity index (χ0v) is 16.6. The Kier molecular flexibility index (Phi) is 5.27. The first-order chi connectivity index (χ1) is 12.7. The third-order valence-electron chi connectivity index (χ3n) is 5.46. The van der Waals surface area contributed by atoms with E-state index >= 15 is 0 Å². The van der Waals surface area contributed by atoms with E-state index in [-0.39, 0.29) is 35.1 Å². The van der Waals surface area contributed by atoms with Gasteiger partial charge in [0.15, 0.2) is 0 Å². The first-order valence-corrected chi connectivity index (χ1v) is 9.71. The van der Waals surface area contributed by atoms with Gasteiger partial charge >= 0.3 is 0 Å². The molecule has 0 radical (unpaired) electrons. The molecule has 0 spiro atoms. The van der Waals surface area contributed by atoms with Gasteiger partial charge in [0.25, 0.3) is 5.91 Å². The molecule has 0 aromatic heterocycles. The minimum Gasteiger partial charge on any atom is -0.354 e. The highest BCUT2D eigenvalue weighted by Gasteiger charge is 2.33. The number of rotatable bonds is 3. The first kappa shape index (κ1) is 19.4. The number of anilines is 1. The predicted molar refractivity (Wildman–Crippen MR) is 105 cm³/mol. The minimum atomic E-state index is -0.296. The van der Waals surface area contributed by atoms with Gasteiger partial charge < -0.3 is 15.5 Å². The highest BCUT2D eigenvalue weighted by Crippen LogP contribution is 2.37. The van der Waals surface area contributed by atoms with Crippen molar-refractivity contribution in [2.45, 2.75) is 58.4 Å². The maximum atomic E-state index is 13.0. The largest absolute Gasteiger partial charge is 0.354 e. The van der Waals surface area contributed by atoms with Crippen molar-refractivity contribution in [1.82, 2.24) is 10.2 Å². The van der Waals surface area contributed by atoms with Crippen molar-refractivity contribution < 1.29 is 14.4 Å². The summed E-state index contributed by atoms with van der Waals surface area (Å²) in [5.41, 5.74) is 2.13. The number of nitrogens with zero attached hydrogens (tertiary/aromatic N) is 1. The molecule has 6 heteroatoms. The van der Waals surface area contributed by atoms with E-state index < -0.39 is 0 Å². The maximum Gasteiger partial charge on any atom is 0.253 e. The van der Waals surface area contributed by atoms with Crippen LogP contribution in [-0.4, -0.2) is 41.8 Å². The molecule has 1 aromatic rings. The van der Waals surface area contributed by atoms with E-state index in [1.165, 1.54) is 0 Å². The second-order valence-electron chi connectivity index (χ2n) is 8.60. The second kappa shape index (κ2) is 7.33. The fourth-order valence-corrected chi connectivity index (χ4v) is 3.97. The smallest absolute Gasteiger partial charge is 0.253 e. The number of piperidine rings is 1. The molecule has 1 saturated heterocycles. The molecule has 3 amide bonds. The average molecular weight is 371 g/mol. The Morgan fingerprint density at radius 2 is 1.89 bits per heavy atom. The SMILES string of the molecule is CC(C)NC(=O)C1CCN(C(=O)c2ccc3c(c2)C(C)(C)CC(=O)N3)CC1. The number of carbonyl (C=O) groups is 3. The van der Waals surface area contributed by atoms with Crippen LogP contribution in [0.25, 0.3) is 0 Å². The second-order valence-corrected chi connectivity index (χ2v) is 8.60. The quantitative estimate of drug-likeness (QED) is 0.857. The van der Waals surface area contributed by atoms with E-state index in [9.17, 15) is 14.4 Å². The van der Waals surface area contributed by atoms with Gasteiger partial charge in [0.1, 0.15) is 0 Å². The van der Waals surface area contributed by atoms with Crippen LogP contribution in [0.15, 0.2) is 18.2 Å². The van der Waals surface area contributed by atoms with Gasteiger partial charge in [-0.05, 0) is 50.5 Å². The first-order valence-electron chi connectivity index (χ1n) is 9.71. The van der Waals surface area contributed by atoms with E-state index in [0.29, 0.717) is 37.9 Å². The molecule has 1 fully saturated rings. The van der Waals surface area contributed by atoms with Crippen LogP contribution in [0.2, 0.25) is 0 Å². The van der Waals surface area contributed by atoms with Crippen LogP contribution in [0, 0.1) is 5.92 Å². The lowest BCUT2D eigenvalue weighted by atomic mass is 9.77. The molecule has 2 aliphatic heterocycles. The van der Waals surface area contributed by atoms with E-state index in [1.54, 1.807) is 6.07 Å². The summed E-state index contributed by atoms with van der Waals surface area (Å²) in [6.07, 6.45) is 1.79. The molecule has 6 nitrogen and oxygen atoms in total. The van der Waals surface area contributed by atoms with Crippen molar-refractivity contribution in [3.63, 3.8) is 0 Å². The van der Waals surface area contributed by atoms with E-state index in [2.05, 4.69) is 10.6 Å². The number of fused-ring (bicyclic) bond motifs is 1. The number of hydrogen-bond donors (Lipinski definition) is 2. The molecule has 0 aliphatic carbocycles. The third-order valence-corrected chi connectivity index (χ3v) is 5.46. The Bertz CT molecular complexity index is 762. The van der Waals surface area contributed by atoms with Crippen LogP contribution in [-0.2, 0) is 15.0 Å². The van der Waals surface area contributed by atoms with Crippen LogP contribution in [0.5, 0.6) is 0 Å². The molecule has 2 aliphatic rings. The zero-order valence-electron chi connectivity index (χ0n) is 16.6. The summed E-state index contributed by atoms with van der Waals surface area (Å²) in [5, 5.41) is 5.84. The summed E-state index contributed by atoms with van der Waals surface area (Å²) in [4.78, 5) is 38.8. The van der Waals surface area contributed by atoms with Crippen LogP contribution in [0.1, 0.15) is 62.9 Å². The van der Waals surface area contributed by atoms with Crippen molar-refractivity contribution in [3.8, 4) is 0 Å². The van der Waals surface area contributed by atoms with Crippen molar-refractivity contribution >= 4 is 23.4 Å². The summed E-state index contributed by atoms with van der Waals surface area (Å²) in [6.45, 7) is 9.14. The molecule has 0 atom stereocenters. The fraction of sp³-hybridized carbons (Fsp3) is 0.571. The van der Waals surface area contributed by atoms with Gasteiger partial charge in [-0.1, -0.05) is 13.8 Å². The number of benzene rings is 1. The molecule has 146 valence electrons. The van der Waals surface area contributed by atoms with E-state index in [4.69, 9.17) is 0 Å². The molecule has 1 aromatic carbocycles. The Morgan fingerprint density at radius 3 is 2.52 bits per heavy atom. The van der Waals surface area contributed by atoms with Crippen LogP contribution in [0.4, 0.5) is 5.69 Å². The lowest BCUT2D eigenvalue weighted by Crippen LogP contribution is -2.44. The Balaban J connectivity index is 1.69. The number of nitrogens with one attached hydrogen (secondary N) is 2. The predicted octanol–water partition coefficient (Wildman–Crippen LogP) is 2.68. The average Bonchev–Trinajstić information content (AvgIpc) is 2.59. The molecule has 0 bridgehead atoms. The normalized spacial score (nSPS) is 19.4. The molecule has 0 saturated carbocycles. The van der Waals surface area contributed by atoms with Crippen molar-refractivity contribution in [1.29, 1.82) is 0 Å². The van der Waals surface area contributed by atoms with Gasteiger partial charge in [-0.3, -0.25) is 14.4 Å². The fourth-order valence-electron chi connectivity index (χ4n) is 3.97. The van der Waals surface area contributed by atoms with Gasteiger partial charge in [-0.25, -0.2) is 0 Å². The van der Waals surface area contributed by atoms with Crippen LogP contribution in [0.3, 0.4) is 0 Å². The number of likely N-dealkylation sites (tertiary alicyclic amines) is 1. The standard InChI is InChI=1S/C21H29N3O3/c1-13(2)22-19(26)14-7-9-24(10-8-14)20(27)15-5-6-17-16(11-15)21(3,4)12-18(25)23-17/h5-6,11,13-14H,7-10,12H2,1-4H3,(H,22,26)(H,23,25). The molecular weight excluding hydrogens is 342 g/mol. The summed E-state index contributed by atoms with van der Waals surface area (Å²) in [6, 6.07) is 5.65. The molecule has 0 unspecified atom stereocenters. The lowest BCUT2D eigenvalue weighted by Gasteiger charge is -2.34. The summed E-state index contributed by atoms with van der Waals surface area (Å²) >= 11 is 0. The minimum absolute atomic E-state index is 0.00628. The Morgan fingerprint density at radius 1 is 1.22 bits per heavy atom. The van der Waals surface area contributed by atoms with Crippen molar-refractivity contribution in [2.24, 2.45) is 5.92 Å². The summed E-state index contributed by atoms with van der Waals surface area (Å²) < 4.78 is 0. The third kappa shape index (κ3) is 4.15. The monoisotopic (exact) mass is 371 g/mol.